The van der Waals surface area contributed by atoms with Gasteiger partial charge in [-0.05, 0) is 41.1 Å². The number of hydrogen-bond acceptors (Lipinski definition) is 2. The number of nitrogens with one attached hydrogen (secondary N) is 1. The minimum absolute atomic E-state index is 0.118. The number of ether oxygens (including phenoxy) is 1. The minimum Gasteiger partial charge on any atom is -0.493 e. The van der Waals surface area contributed by atoms with E-state index in [1.165, 1.54) is 0 Å². The summed E-state index contributed by atoms with van der Waals surface area (Å²) < 4.78 is 32.2. The van der Waals surface area contributed by atoms with Crippen LogP contribution in [0.15, 0.2) is 40.9 Å². The molecule has 3 nitrogen and oxygen atoms in total. The highest BCUT2D eigenvalue weighted by Crippen LogP contribution is 2.28. The van der Waals surface area contributed by atoms with Gasteiger partial charge in [0.2, 0.25) is 0 Å². The number of amides is 1. The van der Waals surface area contributed by atoms with Crippen LogP contribution in [0.1, 0.15) is 17.3 Å². The molecule has 0 unspecified atom stereocenters. The van der Waals surface area contributed by atoms with Crippen molar-refractivity contribution < 1.29 is 18.3 Å². The van der Waals surface area contributed by atoms with Crippen molar-refractivity contribution in [1.82, 2.24) is 0 Å². The van der Waals surface area contributed by atoms with E-state index in [2.05, 4.69) is 21.2 Å². The molecule has 0 saturated heterocycles. The molecule has 0 aliphatic rings. The first-order valence-corrected chi connectivity index (χ1v) is 7.00. The second-order valence-corrected chi connectivity index (χ2v) is 4.98. The van der Waals surface area contributed by atoms with Gasteiger partial charge in [-0.25, -0.2) is 8.78 Å². The summed E-state index contributed by atoms with van der Waals surface area (Å²) in [5.41, 5.74) is 0.155. The fourth-order valence-electron chi connectivity index (χ4n) is 1.78. The highest BCUT2D eigenvalue weighted by molar-refractivity contribution is 9.10. The molecule has 2 aromatic carbocycles. The Bertz CT molecular complexity index is 653. The lowest BCUT2D eigenvalue weighted by molar-refractivity contribution is 0.102. The molecule has 0 heterocycles. The molecule has 2 rings (SSSR count). The van der Waals surface area contributed by atoms with Crippen LogP contribution in [-0.4, -0.2) is 12.5 Å². The summed E-state index contributed by atoms with van der Waals surface area (Å²) in [6, 6.07) is 8.40. The molecular formula is C15H12BrF2NO2. The molecule has 0 aliphatic carbocycles. The number of rotatable bonds is 4. The van der Waals surface area contributed by atoms with Crippen molar-refractivity contribution in [3.05, 3.63) is 58.1 Å². The SMILES string of the molecule is CCOc1ccccc1C(=O)Nc1c(F)cc(F)cc1Br. The smallest absolute Gasteiger partial charge is 0.259 e. The van der Waals surface area contributed by atoms with Crippen molar-refractivity contribution in [2.24, 2.45) is 0 Å². The Morgan fingerprint density at radius 2 is 2.00 bits per heavy atom. The highest BCUT2D eigenvalue weighted by atomic mass is 79.9. The molecule has 6 heteroatoms. The lowest BCUT2D eigenvalue weighted by Gasteiger charge is -2.12. The maximum atomic E-state index is 13.7. The monoisotopic (exact) mass is 355 g/mol. The Balaban J connectivity index is 2.31. The first kappa shape index (κ1) is 15.4. The van der Waals surface area contributed by atoms with Crippen LogP contribution in [0.4, 0.5) is 14.5 Å². The fourth-order valence-corrected chi connectivity index (χ4v) is 2.29. The molecule has 0 spiro atoms. The minimum atomic E-state index is -0.857. The molecule has 1 amide bonds. The van der Waals surface area contributed by atoms with Gasteiger partial charge in [0.1, 0.15) is 11.6 Å². The van der Waals surface area contributed by atoms with Gasteiger partial charge in [0.15, 0.2) is 5.82 Å². The summed E-state index contributed by atoms with van der Waals surface area (Å²) >= 11 is 3.02. The average molecular weight is 356 g/mol. The number of hydrogen-bond donors (Lipinski definition) is 1. The van der Waals surface area contributed by atoms with E-state index in [1.54, 1.807) is 31.2 Å². The number of benzene rings is 2. The summed E-state index contributed by atoms with van der Waals surface area (Å²) in [6.45, 7) is 2.20. The van der Waals surface area contributed by atoms with Gasteiger partial charge in [0.25, 0.3) is 5.91 Å². The van der Waals surface area contributed by atoms with Crippen LogP contribution in [0.2, 0.25) is 0 Å². The lowest BCUT2D eigenvalue weighted by atomic mass is 10.2. The van der Waals surface area contributed by atoms with Gasteiger partial charge in [0.05, 0.1) is 17.9 Å². The molecule has 0 aliphatic heterocycles. The molecule has 1 N–H and O–H groups in total. The van der Waals surface area contributed by atoms with Gasteiger partial charge in [0, 0.05) is 10.5 Å². The zero-order valence-electron chi connectivity index (χ0n) is 11.1. The van der Waals surface area contributed by atoms with Crippen LogP contribution in [0.3, 0.4) is 0 Å². The summed E-state index contributed by atoms with van der Waals surface area (Å²) in [7, 11) is 0. The maximum absolute atomic E-state index is 13.7. The molecule has 0 fully saturated rings. The zero-order valence-corrected chi connectivity index (χ0v) is 12.7. The lowest BCUT2D eigenvalue weighted by Crippen LogP contribution is -2.15. The molecule has 2 aromatic rings. The summed E-state index contributed by atoms with van der Waals surface area (Å²) in [6.07, 6.45) is 0. The van der Waals surface area contributed by atoms with E-state index in [0.717, 1.165) is 6.07 Å². The van der Waals surface area contributed by atoms with Crippen molar-refractivity contribution in [2.75, 3.05) is 11.9 Å². The summed E-state index contributed by atoms with van der Waals surface area (Å²) in [4.78, 5) is 12.2. The van der Waals surface area contributed by atoms with E-state index in [1.807, 2.05) is 0 Å². The molecule has 110 valence electrons. The summed E-state index contributed by atoms with van der Waals surface area (Å²) in [5, 5.41) is 2.41. The van der Waals surface area contributed by atoms with Gasteiger partial charge in [-0.2, -0.15) is 0 Å². The Labute approximate surface area is 129 Å². The van der Waals surface area contributed by atoms with Gasteiger partial charge in [-0.3, -0.25) is 4.79 Å². The first-order valence-electron chi connectivity index (χ1n) is 6.20. The van der Waals surface area contributed by atoms with Gasteiger partial charge in [-0.1, -0.05) is 12.1 Å². The number of carbonyl (C=O) groups excluding carboxylic acids is 1. The predicted molar refractivity (Wildman–Crippen MR) is 79.6 cm³/mol. The average Bonchev–Trinajstić information content (AvgIpc) is 2.43. The van der Waals surface area contributed by atoms with Crippen LogP contribution in [0.25, 0.3) is 0 Å². The van der Waals surface area contributed by atoms with Gasteiger partial charge in [-0.15, -0.1) is 0 Å². The molecule has 0 atom stereocenters. The third kappa shape index (κ3) is 3.58. The van der Waals surface area contributed by atoms with Crippen molar-refractivity contribution in [2.45, 2.75) is 6.92 Å². The first-order chi connectivity index (χ1) is 10.0. The molecular weight excluding hydrogens is 344 g/mol. The van der Waals surface area contributed by atoms with E-state index >= 15 is 0 Å². The van der Waals surface area contributed by atoms with Crippen molar-refractivity contribution in [1.29, 1.82) is 0 Å². The number of halogens is 3. The molecule has 0 bridgehead atoms. The van der Waals surface area contributed by atoms with Crippen LogP contribution in [-0.2, 0) is 0 Å². The Morgan fingerprint density at radius 3 is 2.67 bits per heavy atom. The Morgan fingerprint density at radius 1 is 1.29 bits per heavy atom. The van der Waals surface area contributed by atoms with Crippen LogP contribution >= 0.6 is 15.9 Å². The summed E-state index contributed by atoms with van der Waals surface area (Å²) in [5.74, 6) is -1.72. The topological polar surface area (TPSA) is 38.3 Å². The van der Waals surface area contributed by atoms with Crippen molar-refractivity contribution in [3.63, 3.8) is 0 Å². The van der Waals surface area contributed by atoms with E-state index in [-0.39, 0.29) is 15.7 Å². The second-order valence-electron chi connectivity index (χ2n) is 4.13. The third-order valence-corrected chi connectivity index (χ3v) is 3.30. The normalized spacial score (nSPS) is 10.3. The second kappa shape index (κ2) is 6.67. The van der Waals surface area contributed by atoms with Crippen molar-refractivity contribution >= 4 is 27.5 Å². The highest BCUT2D eigenvalue weighted by Gasteiger charge is 2.16. The molecule has 21 heavy (non-hydrogen) atoms. The van der Waals surface area contributed by atoms with Gasteiger partial charge < -0.3 is 10.1 Å². The predicted octanol–water partition coefficient (Wildman–Crippen LogP) is 4.38. The quantitative estimate of drug-likeness (QED) is 0.883. The molecule has 0 aromatic heterocycles. The standard InChI is InChI=1S/C15H12BrF2NO2/c1-2-21-13-6-4-3-5-10(13)15(20)19-14-11(16)7-9(17)8-12(14)18/h3-8H,2H2,1H3,(H,19,20). The number of para-hydroxylation sites is 1. The zero-order chi connectivity index (χ0) is 15.4. The Hall–Kier alpha value is -1.95. The largest absolute Gasteiger partial charge is 0.493 e. The van der Waals surface area contributed by atoms with E-state index < -0.39 is 17.5 Å². The van der Waals surface area contributed by atoms with E-state index in [0.29, 0.717) is 18.4 Å². The fraction of sp³-hybridized carbons (Fsp3) is 0.133. The van der Waals surface area contributed by atoms with E-state index in [4.69, 9.17) is 4.74 Å². The number of anilines is 1. The Kier molecular flexibility index (Phi) is 4.90. The molecule has 0 saturated carbocycles. The molecule has 0 radical (unpaired) electrons. The van der Waals surface area contributed by atoms with Crippen LogP contribution < -0.4 is 10.1 Å². The maximum Gasteiger partial charge on any atom is 0.259 e. The number of carbonyl (C=O) groups is 1. The van der Waals surface area contributed by atoms with Crippen molar-refractivity contribution in [3.8, 4) is 5.75 Å². The van der Waals surface area contributed by atoms with Crippen LogP contribution in [0, 0.1) is 11.6 Å². The van der Waals surface area contributed by atoms with Gasteiger partial charge >= 0.3 is 0 Å². The van der Waals surface area contributed by atoms with Crippen LogP contribution in [0.5, 0.6) is 5.75 Å². The van der Waals surface area contributed by atoms with E-state index in [9.17, 15) is 13.6 Å². The third-order valence-electron chi connectivity index (χ3n) is 2.68.